The molecule has 176 valence electrons. The van der Waals surface area contributed by atoms with Crippen LogP contribution in [0.4, 0.5) is 5.69 Å². The van der Waals surface area contributed by atoms with Crippen LogP contribution in [0, 0.1) is 0 Å². The summed E-state index contributed by atoms with van der Waals surface area (Å²) >= 11 is 0. The lowest BCUT2D eigenvalue weighted by atomic mass is 10.1. The van der Waals surface area contributed by atoms with Crippen LogP contribution < -0.4 is 15.0 Å². The summed E-state index contributed by atoms with van der Waals surface area (Å²) in [5, 5.41) is 8.58. The summed E-state index contributed by atoms with van der Waals surface area (Å²) in [5.41, 5.74) is 3.20. The number of benzene rings is 1. The van der Waals surface area contributed by atoms with Gasteiger partial charge in [0, 0.05) is 36.7 Å². The molecule has 0 saturated carbocycles. The third kappa shape index (κ3) is 3.86. The minimum absolute atomic E-state index is 0.0196. The fourth-order valence-corrected chi connectivity index (χ4v) is 4.76. The number of hydrogen-bond donors (Lipinski definition) is 1. The third-order valence-corrected chi connectivity index (χ3v) is 6.41. The molecule has 3 aromatic heterocycles. The predicted molar refractivity (Wildman–Crippen MR) is 127 cm³/mol. The van der Waals surface area contributed by atoms with Crippen molar-refractivity contribution in [3.05, 3.63) is 42.6 Å². The minimum atomic E-state index is -0.198. The number of imidazole rings is 1. The zero-order valence-corrected chi connectivity index (χ0v) is 19.3. The Hall–Kier alpha value is -3.59. The second kappa shape index (κ2) is 8.02. The average molecular weight is 462 g/mol. The van der Waals surface area contributed by atoms with Crippen LogP contribution in [0.5, 0.6) is 5.88 Å². The van der Waals surface area contributed by atoms with Gasteiger partial charge < -0.3 is 24.1 Å². The highest BCUT2D eigenvalue weighted by Crippen LogP contribution is 2.35. The molecule has 0 spiro atoms. The summed E-state index contributed by atoms with van der Waals surface area (Å²) < 4.78 is 19.7. The molecule has 5 heterocycles. The van der Waals surface area contributed by atoms with Crippen molar-refractivity contribution in [2.75, 3.05) is 31.2 Å². The number of nitrogens with one attached hydrogen (secondary N) is 1. The average Bonchev–Trinajstić information content (AvgIpc) is 3.54. The molecule has 0 radical (unpaired) electrons. The lowest BCUT2D eigenvalue weighted by Gasteiger charge is -2.39. The van der Waals surface area contributed by atoms with Gasteiger partial charge in [-0.1, -0.05) is 6.07 Å². The Bertz CT molecular complexity index is 1370. The van der Waals surface area contributed by atoms with Crippen molar-refractivity contribution in [3.63, 3.8) is 0 Å². The number of amides is 1. The Morgan fingerprint density at radius 3 is 3.00 bits per heavy atom. The van der Waals surface area contributed by atoms with Crippen molar-refractivity contribution in [1.82, 2.24) is 19.9 Å². The van der Waals surface area contributed by atoms with E-state index in [-0.39, 0.29) is 17.6 Å². The van der Waals surface area contributed by atoms with E-state index >= 15 is 0 Å². The summed E-state index contributed by atoms with van der Waals surface area (Å²) in [4.78, 5) is 18.3. The Kier molecular flexibility index (Phi) is 4.95. The van der Waals surface area contributed by atoms with Crippen LogP contribution >= 0.6 is 0 Å². The van der Waals surface area contributed by atoms with Crippen molar-refractivity contribution < 1.29 is 18.7 Å². The Balaban J connectivity index is 1.31. The summed E-state index contributed by atoms with van der Waals surface area (Å²) in [6.07, 6.45) is 3.08. The number of hydrogen-bond acceptors (Lipinski definition) is 7. The smallest absolute Gasteiger partial charge is 0.231 e. The van der Waals surface area contributed by atoms with Crippen LogP contribution in [-0.2, 0) is 9.53 Å². The molecule has 2 fully saturated rings. The molecular formula is C25H27N5O4. The molecule has 4 aromatic rings. The first kappa shape index (κ1) is 21.0. The summed E-state index contributed by atoms with van der Waals surface area (Å²) in [6, 6.07) is 11.9. The molecule has 34 heavy (non-hydrogen) atoms. The van der Waals surface area contributed by atoms with Gasteiger partial charge in [0.05, 0.1) is 24.4 Å². The number of rotatable bonds is 5. The van der Waals surface area contributed by atoms with E-state index in [4.69, 9.17) is 13.9 Å². The van der Waals surface area contributed by atoms with Gasteiger partial charge in [0.2, 0.25) is 11.8 Å². The topological polar surface area (TPSA) is 94.1 Å². The van der Waals surface area contributed by atoms with E-state index in [2.05, 4.69) is 46.3 Å². The van der Waals surface area contributed by atoms with Gasteiger partial charge in [0.15, 0.2) is 11.4 Å². The molecule has 1 unspecified atom stereocenters. The standard InChI is InChI=1S/C25H27N5O4/c1-25(2)15-29(10-11-33-25)18-4-3-5-20-17(18)12-21(34-20)19-13-26-22-7-9-24(28-30(19)22)32-14-16-6-8-23(31)27-16/h3-5,7,9,12-13,16H,6,8,10-11,14-15H2,1-2H3,(H,27,31). The molecule has 1 amide bonds. The second-order valence-electron chi connectivity index (χ2n) is 9.53. The maximum atomic E-state index is 11.4. The molecule has 2 saturated heterocycles. The molecule has 2 aliphatic rings. The van der Waals surface area contributed by atoms with Crippen LogP contribution in [0.3, 0.4) is 0 Å². The summed E-state index contributed by atoms with van der Waals surface area (Å²) in [7, 11) is 0. The molecule has 9 heteroatoms. The van der Waals surface area contributed by atoms with Crippen LogP contribution in [0.2, 0.25) is 0 Å². The normalized spacial score (nSPS) is 20.2. The van der Waals surface area contributed by atoms with Crippen LogP contribution in [0.25, 0.3) is 28.1 Å². The number of aromatic nitrogens is 3. The SMILES string of the molecule is CC1(C)CN(c2cccc3oc(-c4cnc5ccc(OCC6CCC(=O)N6)nn45)cc23)CCO1. The molecule has 1 atom stereocenters. The monoisotopic (exact) mass is 461 g/mol. The van der Waals surface area contributed by atoms with Gasteiger partial charge in [-0.05, 0) is 44.5 Å². The first-order chi connectivity index (χ1) is 16.4. The zero-order valence-electron chi connectivity index (χ0n) is 19.3. The molecular weight excluding hydrogens is 434 g/mol. The summed E-state index contributed by atoms with van der Waals surface area (Å²) in [5.74, 6) is 1.23. The van der Waals surface area contributed by atoms with E-state index in [0.717, 1.165) is 41.9 Å². The fourth-order valence-electron chi connectivity index (χ4n) is 4.76. The lowest BCUT2D eigenvalue weighted by Crippen LogP contribution is -2.48. The number of carbonyl (C=O) groups excluding carboxylic acids is 1. The number of fused-ring (bicyclic) bond motifs is 2. The number of furan rings is 1. The number of morpholine rings is 1. The van der Waals surface area contributed by atoms with Crippen molar-refractivity contribution in [2.45, 2.75) is 38.3 Å². The second-order valence-corrected chi connectivity index (χ2v) is 9.53. The third-order valence-electron chi connectivity index (χ3n) is 6.41. The quantitative estimate of drug-likeness (QED) is 0.487. The van der Waals surface area contributed by atoms with E-state index in [9.17, 15) is 4.79 Å². The van der Waals surface area contributed by atoms with Crippen LogP contribution in [0.1, 0.15) is 26.7 Å². The van der Waals surface area contributed by atoms with Crippen molar-refractivity contribution in [2.24, 2.45) is 0 Å². The molecule has 1 N–H and O–H groups in total. The van der Waals surface area contributed by atoms with E-state index in [0.29, 0.717) is 36.9 Å². The lowest BCUT2D eigenvalue weighted by molar-refractivity contribution is -0.119. The first-order valence-corrected chi connectivity index (χ1v) is 11.6. The molecule has 0 bridgehead atoms. The van der Waals surface area contributed by atoms with Gasteiger partial charge in [-0.15, -0.1) is 5.10 Å². The van der Waals surface area contributed by atoms with Gasteiger partial charge in [-0.3, -0.25) is 4.79 Å². The number of anilines is 1. The van der Waals surface area contributed by atoms with Crippen LogP contribution in [-0.4, -0.2) is 58.5 Å². The minimum Gasteiger partial charge on any atom is -0.474 e. The van der Waals surface area contributed by atoms with Gasteiger partial charge in [0.1, 0.15) is 17.9 Å². The van der Waals surface area contributed by atoms with Gasteiger partial charge >= 0.3 is 0 Å². The van der Waals surface area contributed by atoms with Gasteiger partial charge in [-0.25, -0.2) is 9.50 Å². The predicted octanol–water partition coefficient (Wildman–Crippen LogP) is 3.42. The van der Waals surface area contributed by atoms with Crippen molar-refractivity contribution in [1.29, 1.82) is 0 Å². The number of carbonyl (C=O) groups is 1. The molecule has 9 nitrogen and oxygen atoms in total. The highest BCUT2D eigenvalue weighted by atomic mass is 16.5. The largest absolute Gasteiger partial charge is 0.474 e. The number of ether oxygens (including phenoxy) is 2. The van der Waals surface area contributed by atoms with Gasteiger partial charge in [0.25, 0.3) is 0 Å². The van der Waals surface area contributed by atoms with Crippen LogP contribution in [0.15, 0.2) is 47.0 Å². The van der Waals surface area contributed by atoms with E-state index in [1.165, 1.54) is 0 Å². The molecule has 0 aliphatic carbocycles. The van der Waals surface area contributed by atoms with E-state index < -0.39 is 0 Å². The molecule has 1 aromatic carbocycles. The zero-order chi connectivity index (χ0) is 23.3. The first-order valence-electron chi connectivity index (χ1n) is 11.6. The Morgan fingerprint density at radius 2 is 2.18 bits per heavy atom. The van der Waals surface area contributed by atoms with Gasteiger partial charge in [-0.2, -0.15) is 0 Å². The highest BCUT2D eigenvalue weighted by Gasteiger charge is 2.29. The van der Waals surface area contributed by atoms with E-state index in [1.54, 1.807) is 16.8 Å². The Morgan fingerprint density at radius 1 is 1.26 bits per heavy atom. The maximum absolute atomic E-state index is 11.4. The molecule has 2 aliphatic heterocycles. The fraction of sp³-hybridized carbons (Fsp3) is 0.400. The van der Waals surface area contributed by atoms with Crippen molar-refractivity contribution in [3.8, 4) is 17.3 Å². The maximum Gasteiger partial charge on any atom is 0.231 e. The highest BCUT2D eigenvalue weighted by molar-refractivity contribution is 5.94. The Labute approximate surface area is 196 Å². The number of nitrogens with zero attached hydrogens (tertiary/aromatic N) is 4. The van der Waals surface area contributed by atoms with Crippen molar-refractivity contribution >= 4 is 28.2 Å². The molecule has 6 rings (SSSR count). The van der Waals surface area contributed by atoms with E-state index in [1.807, 2.05) is 18.2 Å². The summed E-state index contributed by atoms with van der Waals surface area (Å²) in [6.45, 7) is 6.96.